The number of hydrogen-bond acceptors (Lipinski definition) is 6. The molecule has 1 aromatic carbocycles. The molecule has 0 saturated carbocycles. The molecule has 0 atom stereocenters. The number of hydrogen-bond donors (Lipinski definition) is 0. The van der Waals surface area contributed by atoms with Crippen LogP contribution in [0.5, 0.6) is 0 Å². The molecule has 1 saturated heterocycles. The van der Waals surface area contributed by atoms with Gasteiger partial charge in [-0.25, -0.2) is 4.39 Å². The second kappa shape index (κ2) is 7.33. The third kappa shape index (κ3) is 3.88. The van der Waals surface area contributed by atoms with Crippen LogP contribution < -0.4 is 4.90 Å². The van der Waals surface area contributed by atoms with E-state index < -0.39 is 0 Å². The first kappa shape index (κ1) is 16.2. The molecule has 1 aliphatic rings. The average molecular weight is 358 g/mol. The molecule has 0 aliphatic carbocycles. The number of aromatic nitrogens is 2. The zero-order valence-corrected chi connectivity index (χ0v) is 14.6. The highest BCUT2D eigenvalue weighted by atomic mass is 32.1. The Morgan fingerprint density at radius 3 is 2.76 bits per heavy atom. The second-order valence-corrected chi connectivity index (χ2v) is 7.03. The summed E-state index contributed by atoms with van der Waals surface area (Å²) < 4.78 is 18.5. The highest BCUT2D eigenvalue weighted by molar-refractivity contribution is 7.13. The number of halogens is 1. The lowest BCUT2D eigenvalue weighted by Crippen LogP contribution is -2.30. The number of anilines is 1. The molecule has 0 spiro atoms. The Labute approximate surface area is 149 Å². The first-order valence-corrected chi connectivity index (χ1v) is 9.25. The number of thiophene rings is 1. The Balaban J connectivity index is 1.37. The summed E-state index contributed by atoms with van der Waals surface area (Å²) in [6.45, 7) is 4.42. The molecule has 0 amide bonds. The van der Waals surface area contributed by atoms with Gasteiger partial charge in [0.05, 0.1) is 11.4 Å². The van der Waals surface area contributed by atoms with Gasteiger partial charge >= 0.3 is 0 Å². The summed E-state index contributed by atoms with van der Waals surface area (Å²) in [5, 5.41) is 6.07. The number of benzene rings is 1. The molecule has 0 N–H and O–H groups in total. The van der Waals surface area contributed by atoms with Gasteiger partial charge in [0.2, 0.25) is 11.7 Å². The molecule has 4 rings (SSSR count). The minimum atomic E-state index is -0.196. The number of rotatable bonds is 4. The van der Waals surface area contributed by atoms with Crippen molar-refractivity contribution < 1.29 is 8.91 Å². The van der Waals surface area contributed by atoms with Crippen molar-refractivity contribution in [3.05, 3.63) is 53.5 Å². The van der Waals surface area contributed by atoms with Gasteiger partial charge in [-0.1, -0.05) is 11.2 Å². The van der Waals surface area contributed by atoms with Gasteiger partial charge in [-0.2, -0.15) is 4.98 Å². The molecule has 130 valence electrons. The van der Waals surface area contributed by atoms with E-state index >= 15 is 0 Å². The smallest absolute Gasteiger partial charge is 0.241 e. The van der Waals surface area contributed by atoms with Gasteiger partial charge in [0, 0.05) is 31.9 Å². The molecule has 1 fully saturated rings. The summed E-state index contributed by atoms with van der Waals surface area (Å²) in [4.78, 5) is 10.1. The molecule has 0 radical (unpaired) electrons. The van der Waals surface area contributed by atoms with Crippen molar-refractivity contribution in [1.82, 2.24) is 15.0 Å². The minimum Gasteiger partial charge on any atom is -0.370 e. The van der Waals surface area contributed by atoms with E-state index in [0.717, 1.165) is 43.2 Å². The maximum Gasteiger partial charge on any atom is 0.241 e. The molecule has 3 heterocycles. The van der Waals surface area contributed by atoms with Gasteiger partial charge in [0.15, 0.2) is 0 Å². The SMILES string of the molecule is Fc1ccc(N2CCCN(Cc3nc(-c4cccs4)no3)CC2)cc1. The molecule has 0 unspecified atom stereocenters. The summed E-state index contributed by atoms with van der Waals surface area (Å²) in [5.74, 6) is 1.12. The van der Waals surface area contributed by atoms with Crippen LogP contribution in [-0.4, -0.2) is 41.2 Å². The van der Waals surface area contributed by atoms with Crippen LogP contribution in [-0.2, 0) is 6.54 Å². The molecule has 5 nitrogen and oxygen atoms in total. The van der Waals surface area contributed by atoms with E-state index in [2.05, 4.69) is 19.9 Å². The van der Waals surface area contributed by atoms with Crippen LogP contribution in [0.4, 0.5) is 10.1 Å². The van der Waals surface area contributed by atoms with E-state index in [1.54, 1.807) is 11.3 Å². The van der Waals surface area contributed by atoms with Crippen LogP contribution in [0.2, 0.25) is 0 Å². The Kier molecular flexibility index (Phi) is 4.76. The number of nitrogens with zero attached hydrogens (tertiary/aromatic N) is 4. The molecule has 2 aromatic heterocycles. The Bertz CT molecular complexity index is 803. The van der Waals surface area contributed by atoms with E-state index in [9.17, 15) is 4.39 Å². The van der Waals surface area contributed by atoms with Crippen LogP contribution in [0, 0.1) is 5.82 Å². The third-order valence-corrected chi connectivity index (χ3v) is 5.21. The standard InChI is InChI=1S/C18H19FN4OS/c19-14-4-6-15(7-5-14)23-9-2-8-22(10-11-23)13-17-20-18(21-24-17)16-3-1-12-25-16/h1,3-7,12H,2,8-11,13H2. The minimum absolute atomic E-state index is 0.196. The topological polar surface area (TPSA) is 45.4 Å². The zero-order valence-electron chi connectivity index (χ0n) is 13.8. The first-order valence-electron chi connectivity index (χ1n) is 8.37. The lowest BCUT2D eigenvalue weighted by molar-refractivity contribution is 0.239. The van der Waals surface area contributed by atoms with Gasteiger partial charge in [0.25, 0.3) is 0 Å². The van der Waals surface area contributed by atoms with Crippen molar-refractivity contribution in [3.63, 3.8) is 0 Å². The van der Waals surface area contributed by atoms with Gasteiger partial charge in [-0.15, -0.1) is 11.3 Å². The van der Waals surface area contributed by atoms with Crippen LogP contribution in [0.25, 0.3) is 10.7 Å². The molecular weight excluding hydrogens is 339 g/mol. The highest BCUT2D eigenvalue weighted by Gasteiger charge is 2.18. The molecule has 3 aromatic rings. The normalized spacial score (nSPS) is 16.1. The Morgan fingerprint density at radius 2 is 1.96 bits per heavy atom. The predicted octanol–water partition coefficient (Wildman–Crippen LogP) is 3.65. The van der Waals surface area contributed by atoms with Gasteiger partial charge in [-0.05, 0) is 42.1 Å². The van der Waals surface area contributed by atoms with Gasteiger partial charge < -0.3 is 9.42 Å². The second-order valence-electron chi connectivity index (χ2n) is 6.08. The van der Waals surface area contributed by atoms with Crippen LogP contribution in [0.15, 0.2) is 46.3 Å². The summed E-state index contributed by atoms with van der Waals surface area (Å²) in [6, 6.07) is 10.7. The molecule has 1 aliphatic heterocycles. The monoisotopic (exact) mass is 358 g/mol. The van der Waals surface area contributed by atoms with Crippen molar-refractivity contribution >= 4 is 17.0 Å². The van der Waals surface area contributed by atoms with Gasteiger partial charge in [-0.3, -0.25) is 4.90 Å². The van der Waals surface area contributed by atoms with E-state index in [1.165, 1.54) is 12.1 Å². The Morgan fingerprint density at radius 1 is 1.08 bits per heavy atom. The molecule has 25 heavy (non-hydrogen) atoms. The summed E-state index contributed by atoms with van der Waals surface area (Å²) in [7, 11) is 0. The van der Waals surface area contributed by atoms with Crippen molar-refractivity contribution in [2.24, 2.45) is 0 Å². The third-order valence-electron chi connectivity index (χ3n) is 4.35. The summed E-state index contributed by atoms with van der Waals surface area (Å²) in [5.41, 5.74) is 1.07. The van der Waals surface area contributed by atoms with Crippen molar-refractivity contribution in [2.45, 2.75) is 13.0 Å². The molecule has 7 heteroatoms. The van der Waals surface area contributed by atoms with Crippen molar-refractivity contribution in [1.29, 1.82) is 0 Å². The lowest BCUT2D eigenvalue weighted by atomic mass is 10.2. The van der Waals surface area contributed by atoms with E-state index in [-0.39, 0.29) is 5.82 Å². The molecular formula is C18H19FN4OS. The van der Waals surface area contributed by atoms with E-state index in [1.807, 2.05) is 29.6 Å². The maximum atomic E-state index is 13.1. The first-order chi connectivity index (χ1) is 12.3. The fraction of sp³-hybridized carbons (Fsp3) is 0.333. The summed E-state index contributed by atoms with van der Waals surface area (Å²) in [6.07, 6.45) is 1.04. The fourth-order valence-corrected chi connectivity index (χ4v) is 3.70. The van der Waals surface area contributed by atoms with Crippen LogP contribution in [0.1, 0.15) is 12.3 Å². The summed E-state index contributed by atoms with van der Waals surface area (Å²) >= 11 is 1.61. The van der Waals surface area contributed by atoms with Crippen LogP contribution >= 0.6 is 11.3 Å². The van der Waals surface area contributed by atoms with E-state index in [0.29, 0.717) is 18.3 Å². The maximum absolute atomic E-state index is 13.1. The quantitative estimate of drug-likeness (QED) is 0.712. The average Bonchev–Trinajstić information content (AvgIpc) is 3.25. The van der Waals surface area contributed by atoms with E-state index in [4.69, 9.17) is 4.52 Å². The lowest BCUT2D eigenvalue weighted by Gasteiger charge is -2.23. The highest BCUT2D eigenvalue weighted by Crippen LogP contribution is 2.22. The van der Waals surface area contributed by atoms with Crippen LogP contribution in [0.3, 0.4) is 0 Å². The zero-order chi connectivity index (χ0) is 17.1. The van der Waals surface area contributed by atoms with Gasteiger partial charge in [0.1, 0.15) is 5.82 Å². The largest absolute Gasteiger partial charge is 0.370 e. The molecule has 0 bridgehead atoms. The van der Waals surface area contributed by atoms with Crippen molar-refractivity contribution in [3.8, 4) is 10.7 Å². The predicted molar refractivity (Wildman–Crippen MR) is 96.1 cm³/mol. The fourth-order valence-electron chi connectivity index (χ4n) is 3.06. The van der Waals surface area contributed by atoms with Crippen molar-refractivity contribution in [2.75, 3.05) is 31.1 Å². The Hall–Kier alpha value is -2.25.